The fourth-order valence-corrected chi connectivity index (χ4v) is 1.71. The first-order valence-electron chi connectivity index (χ1n) is 2.99. The van der Waals surface area contributed by atoms with Gasteiger partial charge in [0, 0.05) is 0 Å². The van der Waals surface area contributed by atoms with Gasteiger partial charge in [-0.1, -0.05) is 23.2 Å². The van der Waals surface area contributed by atoms with Gasteiger partial charge in [-0.25, -0.2) is 17.9 Å². The predicted molar refractivity (Wildman–Crippen MR) is 47.8 cm³/mol. The van der Waals surface area contributed by atoms with Crippen molar-refractivity contribution in [2.45, 2.75) is 4.90 Å². The van der Waals surface area contributed by atoms with Gasteiger partial charge in [0.25, 0.3) is 0 Å². The van der Waals surface area contributed by atoms with Gasteiger partial charge in [-0.3, -0.25) is 0 Å². The van der Waals surface area contributed by atoms with Gasteiger partial charge >= 0.3 is 0 Å². The van der Waals surface area contributed by atoms with E-state index < -0.39 is 20.7 Å². The van der Waals surface area contributed by atoms with Gasteiger partial charge in [0.2, 0.25) is 10.0 Å². The minimum absolute atomic E-state index is 0.0629. The fraction of sp³-hybridized carbons (Fsp3) is 0. The van der Waals surface area contributed by atoms with Crippen molar-refractivity contribution in [3.63, 3.8) is 0 Å². The summed E-state index contributed by atoms with van der Waals surface area (Å²) >= 11 is 10.9. The molecule has 0 saturated carbocycles. The molecule has 0 radical (unpaired) electrons. The van der Waals surface area contributed by atoms with Gasteiger partial charge < -0.3 is 0 Å². The Morgan fingerprint density at radius 2 is 1.69 bits per heavy atom. The summed E-state index contributed by atoms with van der Waals surface area (Å²) in [5, 5.41) is 4.58. The van der Waals surface area contributed by atoms with Crippen LogP contribution in [0.25, 0.3) is 0 Å². The van der Waals surface area contributed by atoms with Crippen LogP contribution in [0.1, 0.15) is 0 Å². The molecule has 0 aliphatic rings. The van der Waals surface area contributed by atoms with Crippen LogP contribution in [-0.4, -0.2) is 8.42 Å². The van der Waals surface area contributed by atoms with E-state index in [0.717, 1.165) is 12.1 Å². The minimum atomic E-state index is -4.09. The molecule has 0 aliphatic heterocycles. The van der Waals surface area contributed by atoms with Crippen LogP contribution in [0.3, 0.4) is 0 Å². The van der Waals surface area contributed by atoms with Crippen LogP contribution >= 0.6 is 23.2 Å². The molecule has 1 aromatic rings. The molecule has 0 atom stereocenters. The molecule has 0 saturated heterocycles. The number of hydrogen-bond acceptors (Lipinski definition) is 2. The smallest absolute Gasteiger partial charge is 0.225 e. The first kappa shape index (κ1) is 10.7. The largest absolute Gasteiger partial charge is 0.241 e. The van der Waals surface area contributed by atoms with E-state index in [1.54, 1.807) is 0 Å². The third kappa shape index (κ3) is 2.31. The maximum atomic E-state index is 12.9. The van der Waals surface area contributed by atoms with Crippen molar-refractivity contribution in [1.29, 1.82) is 0 Å². The van der Waals surface area contributed by atoms with Crippen LogP contribution in [-0.2, 0) is 10.0 Å². The van der Waals surface area contributed by atoms with E-state index in [4.69, 9.17) is 28.3 Å². The molecule has 2 N–H and O–H groups in total. The molecule has 1 rings (SSSR count). The highest BCUT2D eigenvalue weighted by Crippen LogP contribution is 2.26. The van der Waals surface area contributed by atoms with Crippen molar-refractivity contribution in [1.82, 2.24) is 0 Å². The lowest BCUT2D eigenvalue weighted by molar-refractivity contribution is 0.568. The molecule has 0 aliphatic carbocycles. The Balaban J connectivity index is 3.50. The first-order valence-corrected chi connectivity index (χ1v) is 5.30. The molecule has 72 valence electrons. The summed E-state index contributed by atoms with van der Waals surface area (Å²) in [6.07, 6.45) is 0. The maximum Gasteiger partial charge on any atom is 0.241 e. The lowest BCUT2D eigenvalue weighted by Gasteiger charge is -2.01. The summed E-state index contributed by atoms with van der Waals surface area (Å²) in [6, 6.07) is 1.66. The monoisotopic (exact) mass is 243 g/mol. The van der Waals surface area contributed by atoms with Crippen molar-refractivity contribution in [2.24, 2.45) is 5.14 Å². The van der Waals surface area contributed by atoms with Crippen LogP contribution in [0.5, 0.6) is 0 Å². The normalized spacial score (nSPS) is 11.7. The van der Waals surface area contributed by atoms with E-state index >= 15 is 0 Å². The van der Waals surface area contributed by atoms with Crippen LogP contribution in [0.4, 0.5) is 4.39 Å². The van der Waals surface area contributed by atoms with Crippen LogP contribution in [0.2, 0.25) is 10.0 Å². The third-order valence-corrected chi connectivity index (χ3v) is 2.93. The Hall–Kier alpha value is -0.360. The zero-order valence-corrected chi connectivity index (χ0v) is 8.42. The number of rotatable bonds is 1. The van der Waals surface area contributed by atoms with Gasteiger partial charge in [0.15, 0.2) is 0 Å². The number of nitrogens with two attached hydrogens (primary N) is 1. The molecular formula is C6H4Cl2FNO2S. The Kier molecular flexibility index (Phi) is 2.82. The number of sulfonamides is 1. The second-order valence-electron chi connectivity index (χ2n) is 2.24. The summed E-state index contributed by atoms with van der Waals surface area (Å²) in [7, 11) is -4.09. The zero-order valence-electron chi connectivity index (χ0n) is 6.09. The highest BCUT2D eigenvalue weighted by molar-refractivity contribution is 7.89. The van der Waals surface area contributed by atoms with Crippen LogP contribution < -0.4 is 5.14 Å². The van der Waals surface area contributed by atoms with Gasteiger partial charge in [-0.05, 0) is 12.1 Å². The molecule has 0 heterocycles. The van der Waals surface area contributed by atoms with Crippen molar-refractivity contribution in [3.05, 3.63) is 28.0 Å². The summed E-state index contributed by atoms with van der Waals surface area (Å²) in [4.78, 5) is -0.665. The average Bonchev–Trinajstić information content (AvgIpc) is 1.94. The number of benzene rings is 1. The summed E-state index contributed by atoms with van der Waals surface area (Å²) in [5.74, 6) is -1.02. The maximum absolute atomic E-state index is 12.9. The highest BCUT2D eigenvalue weighted by Gasteiger charge is 2.16. The molecule has 7 heteroatoms. The zero-order chi connectivity index (χ0) is 10.2. The molecule has 0 fully saturated rings. The van der Waals surface area contributed by atoms with E-state index in [1.807, 2.05) is 0 Å². The van der Waals surface area contributed by atoms with E-state index in [0.29, 0.717) is 0 Å². The minimum Gasteiger partial charge on any atom is -0.225 e. The van der Waals surface area contributed by atoms with Crippen molar-refractivity contribution >= 4 is 33.2 Å². The topological polar surface area (TPSA) is 60.2 Å². The third-order valence-electron chi connectivity index (χ3n) is 1.28. The average molecular weight is 244 g/mol. The lowest BCUT2D eigenvalue weighted by Crippen LogP contribution is -2.14. The highest BCUT2D eigenvalue weighted by atomic mass is 35.5. The van der Waals surface area contributed by atoms with E-state index in [-0.39, 0.29) is 10.0 Å². The van der Waals surface area contributed by atoms with Crippen LogP contribution in [0.15, 0.2) is 17.0 Å². The molecular weight excluding hydrogens is 240 g/mol. The molecule has 13 heavy (non-hydrogen) atoms. The van der Waals surface area contributed by atoms with Crippen molar-refractivity contribution in [3.8, 4) is 0 Å². The fourth-order valence-electron chi connectivity index (χ4n) is 0.722. The summed E-state index contributed by atoms with van der Waals surface area (Å²) in [5.41, 5.74) is 0. The quantitative estimate of drug-likeness (QED) is 0.765. The van der Waals surface area contributed by atoms with E-state index in [1.165, 1.54) is 0 Å². The predicted octanol–water partition coefficient (Wildman–Crippen LogP) is 1.78. The molecule has 3 nitrogen and oxygen atoms in total. The second-order valence-corrected chi connectivity index (χ2v) is 4.59. The Bertz CT molecular complexity index is 446. The molecule has 0 aromatic heterocycles. The van der Waals surface area contributed by atoms with Gasteiger partial charge in [0.1, 0.15) is 10.7 Å². The molecule has 0 bridgehead atoms. The van der Waals surface area contributed by atoms with Crippen LogP contribution in [0, 0.1) is 5.82 Å². The SMILES string of the molecule is NS(=O)(=O)c1cc(Cl)c(Cl)cc1F. The molecule has 0 spiro atoms. The summed E-state index contributed by atoms with van der Waals surface area (Å²) < 4.78 is 34.4. The molecule has 1 aromatic carbocycles. The standard InChI is InChI=1S/C6H4Cl2FNO2S/c7-3-1-5(9)6(2-4(3)8)13(10,11)12/h1-2H,(H2,10,11,12). The van der Waals surface area contributed by atoms with E-state index in [9.17, 15) is 12.8 Å². The lowest BCUT2D eigenvalue weighted by atomic mass is 10.3. The Morgan fingerprint density at radius 1 is 1.23 bits per heavy atom. The number of primary sulfonamides is 1. The van der Waals surface area contributed by atoms with Gasteiger partial charge in [0.05, 0.1) is 10.0 Å². The summed E-state index contributed by atoms with van der Waals surface area (Å²) in [6.45, 7) is 0. The number of hydrogen-bond donors (Lipinski definition) is 1. The Labute approximate surface area is 84.3 Å². The van der Waals surface area contributed by atoms with Gasteiger partial charge in [-0.2, -0.15) is 0 Å². The number of halogens is 3. The molecule has 0 unspecified atom stereocenters. The Morgan fingerprint density at radius 3 is 2.15 bits per heavy atom. The first-order chi connectivity index (χ1) is 5.82. The molecule has 0 amide bonds. The van der Waals surface area contributed by atoms with E-state index in [2.05, 4.69) is 0 Å². The van der Waals surface area contributed by atoms with Crippen molar-refractivity contribution < 1.29 is 12.8 Å². The second kappa shape index (κ2) is 3.42. The van der Waals surface area contributed by atoms with Gasteiger partial charge in [-0.15, -0.1) is 0 Å². The van der Waals surface area contributed by atoms with Crippen molar-refractivity contribution in [2.75, 3.05) is 0 Å².